The molecule has 0 aliphatic heterocycles. The van der Waals surface area contributed by atoms with Crippen molar-refractivity contribution < 1.29 is 22.6 Å². The molecule has 0 unspecified atom stereocenters. The summed E-state index contributed by atoms with van der Waals surface area (Å²) in [5.41, 5.74) is 5.59. The number of hydrogen-bond acceptors (Lipinski definition) is 5. The van der Waals surface area contributed by atoms with E-state index >= 15 is 0 Å². The van der Waals surface area contributed by atoms with Crippen molar-refractivity contribution in [3.63, 3.8) is 0 Å². The zero-order valence-corrected chi connectivity index (χ0v) is 7.14. The highest BCUT2D eigenvalue weighted by Gasteiger charge is 1.89. The summed E-state index contributed by atoms with van der Waals surface area (Å²) in [5.74, 6) is 0.0347. The molecule has 13 heavy (non-hydrogen) atoms. The van der Waals surface area contributed by atoms with Crippen LogP contribution in [0.15, 0.2) is 18.5 Å². The minimum absolute atomic E-state index is 0.0347. The van der Waals surface area contributed by atoms with Crippen LogP contribution in [0.4, 0.5) is 5.69 Å². The van der Waals surface area contributed by atoms with Crippen LogP contribution >= 0.6 is 0 Å². The van der Waals surface area contributed by atoms with E-state index in [1.807, 2.05) is 0 Å². The van der Waals surface area contributed by atoms with Crippen LogP contribution in [0.5, 0.6) is 5.75 Å². The Balaban J connectivity index is 0.000000252. The molecule has 0 aliphatic rings. The molecule has 0 saturated heterocycles. The number of aromatic nitrogens is 1. The fourth-order valence-electron chi connectivity index (χ4n) is 0.397. The lowest BCUT2D eigenvalue weighted by molar-refractivity contribution is 0.381. The lowest BCUT2D eigenvalue weighted by Crippen LogP contribution is -1.89. The summed E-state index contributed by atoms with van der Waals surface area (Å²) in [4.78, 5) is 3.62. The van der Waals surface area contributed by atoms with Gasteiger partial charge in [0.05, 0.1) is 11.9 Å². The van der Waals surface area contributed by atoms with Crippen molar-refractivity contribution >= 4 is 16.1 Å². The van der Waals surface area contributed by atoms with Crippen LogP contribution in [-0.4, -0.2) is 27.6 Å². The number of nitrogens with zero attached hydrogens (tertiary/aromatic N) is 1. The van der Waals surface area contributed by atoms with E-state index in [1.54, 1.807) is 0 Å². The third-order valence-corrected chi connectivity index (χ3v) is 0.833. The lowest BCUT2D eigenvalue weighted by Gasteiger charge is -1.91. The minimum atomic E-state index is -4.67. The first kappa shape index (κ1) is 11.6. The standard InChI is InChI=1S/C5H6N2O.H2O4S/c6-4-1-2-7-3-5(4)8;1-5(2,3)4/h1-3,8H,(H2,6,7);(H2,1,2,3,4). The third-order valence-electron chi connectivity index (χ3n) is 0.833. The van der Waals surface area contributed by atoms with Gasteiger partial charge in [0.1, 0.15) is 0 Å². The van der Waals surface area contributed by atoms with Crippen molar-refractivity contribution in [1.82, 2.24) is 4.98 Å². The molecule has 0 spiro atoms. The van der Waals surface area contributed by atoms with Crippen LogP contribution in [0.3, 0.4) is 0 Å². The zero-order valence-electron chi connectivity index (χ0n) is 6.32. The van der Waals surface area contributed by atoms with Crippen LogP contribution in [-0.2, 0) is 10.4 Å². The molecule has 0 radical (unpaired) electrons. The van der Waals surface area contributed by atoms with E-state index < -0.39 is 10.4 Å². The Bertz CT molecular complexity index is 334. The predicted octanol–water partition coefficient (Wildman–Crippen LogP) is -0.283. The molecule has 7 nitrogen and oxygen atoms in total. The first-order valence-corrected chi connectivity index (χ1v) is 4.28. The molecule has 74 valence electrons. The Morgan fingerprint density at radius 3 is 2.08 bits per heavy atom. The second kappa shape index (κ2) is 4.60. The van der Waals surface area contributed by atoms with Gasteiger partial charge >= 0.3 is 10.4 Å². The van der Waals surface area contributed by atoms with Crippen molar-refractivity contribution in [2.45, 2.75) is 0 Å². The van der Waals surface area contributed by atoms with Gasteiger partial charge in [-0.25, -0.2) is 0 Å². The van der Waals surface area contributed by atoms with Crippen LogP contribution in [0.2, 0.25) is 0 Å². The maximum atomic E-state index is 8.74. The van der Waals surface area contributed by atoms with Crippen molar-refractivity contribution in [1.29, 1.82) is 0 Å². The fraction of sp³-hybridized carbons (Fsp3) is 0. The van der Waals surface area contributed by atoms with Gasteiger partial charge in [0.2, 0.25) is 0 Å². The predicted molar refractivity (Wildman–Crippen MR) is 44.5 cm³/mol. The quantitative estimate of drug-likeness (QED) is 0.430. The summed E-state index contributed by atoms with van der Waals surface area (Å²) in [5, 5.41) is 8.73. The molecule has 1 aromatic heterocycles. The summed E-state index contributed by atoms with van der Waals surface area (Å²) in [6, 6.07) is 1.54. The van der Waals surface area contributed by atoms with Crippen molar-refractivity contribution in [3.05, 3.63) is 18.5 Å². The summed E-state index contributed by atoms with van der Waals surface area (Å²) < 4.78 is 31.6. The van der Waals surface area contributed by atoms with E-state index in [2.05, 4.69) is 4.98 Å². The topological polar surface area (TPSA) is 134 Å². The Kier molecular flexibility index (Phi) is 4.11. The van der Waals surface area contributed by atoms with Crippen molar-refractivity contribution in [2.75, 3.05) is 5.73 Å². The molecule has 0 amide bonds. The molecule has 0 aliphatic carbocycles. The minimum Gasteiger partial charge on any atom is -0.504 e. The second-order valence-corrected chi connectivity index (χ2v) is 2.78. The number of nitrogen functional groups attached to an aromatic ring is 1. The largest absolute Gasteiger partial charge is 0.504 e. The van der Waals surface area contributed by atoms with E-state index in [1.165, 1.54) is 18.5 Å². The van der Waals surface area contributed by atoms with Gasteiger partial charge in [-0.3, -0.25) is 14.1 Å². The van der Waals surface area contributed by atoms with Gasteiger partial charge in [0.25, 0.3) is 0 Å². The molecule has 1 aromatic rings. The zero-order chi connectivity index (χ0) is 10.5. The van der Waals surface area contributed by atoms with Gasteiger partial charge < -0.3 is 10.8 Å². The average molecular weight is 208 g/mol. The highest BCUT2D eigenvalue weighted by Crippen LogP contribution is 2.14. The summed E-state index contributed by atoms with van der Waals surface area (Å²) in [6.45, 7) is 0. The van der Waals surface area contributed by atoms with Gasteiger partial charge in [-0.1, -0.05) is 0 Å². The van der Waals surface area contributed by atoms with E-state index in [0.29, 0.717) is 5.69 Å². The summed E-state index contributed by atoms with van der Waals surface area (Å²) in [6.07, 6.45) is 2.82. The van der Waals surface area contributed by atoms with Gasteiger partial charge in [0, 0.05) is 6.20 Å². The summed E-state index contributed by atoms with van der Waals surface area (Å²) in [7, 11) is -4.67. The smallest absolute Gasteiger partial charge is 0.394 e. The third kappa shape index (κ3) is 8.53. The molecule has 5 N–H and O–H groups in total. The Labute approximate surface area is 74.4 Å². The van der Waals surface area contributed by atoms with Crippen LogP contribution in [0.25, 0.3) is 0 Å². The van der Waals surface area contributed by atoms with E-state index in [0.717, 1.165) is 0 Å². The molecule has 0 fully saturated rings. The highest BCUT2D eigenvalue weighted by molar-refractivity contribution is 7.79. The monoisotopic (exact) mass is 208 g/mol. The number of nitrogens with two attached hydrogens (primary N) is 1. The second-order valence-electron chi connectivity index (χ2n) is 1.88. The highest BCUT2D eigenvalue weighted by atomic mass is 32.3. The Hall–Kier alpha value is -1.38. The first-order valence-electron chi connectivity index (χ1n) is 2.89. The molecule has 1 rings (SSSR count). The van der Waals surface area contributed by atoms with Gasteiger partial charge in [-0.2, -0.15) is 8.42 Å². The average Bonchev–Trinajstić information content (AvgIpc) is 1.92. The van der Waals surface area contributed by atoms with Gasteiger partial charge in [-0.05, 0) is 6.07 Å². The van der Waals surface area contributed by atoms with E-state index in [4.69, 9.17) is 28.4 Å². The van der Waals surface area contributed by atoms with Crippen LogP contribution in [0, 0.1) is 0 Å². The maximum Gasteiger partial charge on any atom is 0.394 e. The van der Waals surface area contributed by atoms with Crippen molar-refractivity contribution in [3.8, 4) is 5.75 Å². The number of hydrogen-bond donors (Lipinski definition) is 4. The lowest BCUT2D eigenvalue weighted by atomic mass is 10.4. The molecule has 8 heteroatoms. The van der Waals surface area contributed by atoms with Crippen LogP contribution < -0.4 is 5.73 Å². The van der Waals surface area contributed by atoms with Crippen LogP contribution in [0.1, 0.15) is 0 Å². The molecule has 0 bridgehead atoms. The fourth-order valence-corrected chi connectivity index (χ4v) is 0.397. The normalized spacial score (nSPS) is 10.0. The number of aromatic hydroxyl groups is 1. The van der Waals surface area contributed by atoms with E-state index in [9.17, 15) is 0 Å². The van der Waals surface area contributed by atoms with E-state index in [-0.39, 0.29) is 5.75 Å². The SMILES string of the molecule is Nc1ccncc1O.O=S(=O)(O)O. The molecular weight excluding hydrogens is 200 g/mol. The Morgan fingerprint density at radius 2 is 1.85 bits per heavy atom. The van der Waals surface area contributed by atoms with Gasteiger partial charge in [-0.15, -0.1) is 0 Å². The van der Waals surface area contributed by atoms with Gasteiger partial charge in [0.15, 0.2) is 5.75 Å². The number of anilines is 1. The van der Waals surface area contributed by atoms with Crippen molar-refractivity contribution in [2.24, 2.45) is 0 Å². The Morgan fingerprint density at radius 1 is 1.38 bits per heavy atom. The number of rotatable bonds is 0. The molecule has 1 heterocycles. The number of pyridine rings is 1. The molecule has 0 atom stereocenters. The maximum absolute atomic E-state index is 8.74. The molecule has 0 saturated carbocycles. The molecule has 0 aromatic carbocycles. The first-order chi connectivity index (χ1) is 5.80. The summed E-state index contributed by atoms with van der Waals surface area (Å²) >= 11 is 0. The molecular formula is C5H8N2O5S.